The van der Waals surface area contributed by atoms with Gasteiger partial charge >= 0.3 is 0 Å². The van der Waals surface area contributed by atoms with Crippen molar-refractivity contribution in [3.63, 3.8) is 0 Å². The Hall–Kier alpha value is -0.500. The van der Waals surface area contributed by atoms with E-state index in [0.29, 0.717) is 10.7 Å². The average Bonchev–Trinajstić information content (AvgIpc) is 2.39. The molecular weight excluding hydrogens is 276 g/mol. The largest absolute Gasteiger partial charge is 0.493 e. The molecule has 1 saturated carbocycles. The summed E-state index contributed by atoms with van der Waals surface area (Å²) in [7, 11) is 0. The van der Waals surface area contributed by atoms with Crippen molar-refractivity contribution in [1.29, 1.82) is 0 Å². The van der Waals surface area contributed by atoms with Gasteiger partial charge in [-0.25, -0.2) is 0 Å². The van der Waals surface area contributed by atoms with Gasteiger partial charge in [0, 0.05) is 10.7 Å². The number of hydrogen-bond acceptors (Lipinski definition) is 1. The van der Waals surface area contributed by atoms with E-state index in [0.717, 1.165) is 6.61 Å². The van der Waals surface area contributed by atoms with Crippen LogP contribution in [0, 0.1) is 0 Å². The van der Waals surface area contributed by atoms with Crippen LogP contribution in [0.2, 0.25) is 0 Å². The van der Waals surface area contributed by atoms with E-state index in [1.54, 1.807) is 0 Å². The van der Waals surface area contributed by atoms with Crippen LogP contribution in [-0.2, 0) is 6.42 Å². The van der Waals surface area contributed by atoms with Gasteiger partial charge in [0.15, 0.2) is 0 Å². The summed E-state index contributed by atoms with van der Waals surface area (Å²) < 4.78 is 5.94. The summed E-state index contributed by atoms with van der Waals surface area (Å²) in [6, 6.07) is 6.70. The minimum atomic E-state index is 0.633. The van der Waals surface area contributed by atoms with Crippen LogP contribution in [0.4, 0.5) is 0 Å². The first-order valence-corrected chi connectivity index (χ1v) is 7.66. The van der Waals surface area contributed by atoms with Gasteiger partial charge in [-0.3, -0.25) is 0 Å². The third-order valence-electron chi connectivity index (χ3n) is 4.04. The third-order valence-corrected chi connectivity index (χ3v) is 5.14. The van der Waals surface area contributed by atoms with Crippen LogP contribution in [0.5, 0.6) is 5.75 Å². The first kappa shape index (κ1) is 11.6. The lowest BCUT2D eigenvalue weighted by Crippen LogP contribution is -2.20. The molecule has 3 rings (SSSR count). The maximum Gasteiger partial charge on any atom is 0.125 e. The molecule has 17 heavy (non-hydrogen) atoms. The molecule has 0 bridgehead atoms. The summed E-state index contributed by atoms with van der Waals surface area (Å²) in [5, 5.41) is 0. The fraction of sp³-hybridized carbons (Fsp3) is 0.600. The number of halogens is 1. The average molecular weight is 295 g/mol. The van der Waals surface area contributed by atoms with Gasteiger partial charge in [-0.2, -0.15) is 0 Å². The molecule has 0 radical (unpaired) electrons. The van der Waals surface area contributed by atoms with Crippen molar-refractivity contribution in [3.05, 3.63) is 29.3 Å². The van der Waals surface area contributed by atoms with Crippen molar-refractivity contribution in [1.82, 2.24) is 0 Å². The zero-order chi connectivity index (χ0) is 11.7. The van der Waals surface area contributed by atoms with Crippen molar-refractivity contribution in [2.24, 2.45) is 0 Å². The summed E-state index contributed by atoms with van der Waals surface area (Å²) in [4.78, 5) is 0.633. The Labute approximate surface area is 112 Å². The van der Waals surface area contributed by atoms with Gasteiger partial charge in [-0.05, 0) is 36.8 Å². The van der Waals surface area contributed by atoms with Crippen molar-refractivity contribution in [2.45, 2.75) is 49.3 Å². The van der Waals surface area contributed by atoms with Crippen LogP contribution in [0.1, 0.15) is 49.1 Å². The number of para-hydroxylation sites is 1. The second-order valence-electron chi connectivity index (χ2n) is 5.19. The lowest BCUT2D eigenvalue weighted by Gasteiger charge is -2.31. The lowest BCUT2D eigenvalue weighted by atomic mass is 9.82. The Balaban J connectivity index is 1.96. The topological polar surface area (TPSA) is 9.23 Å². The molecule has 0 spiro atoms. The van der Waals surface area contributed by atoms with Crippen LogP contribution in [0.15, 0.2) is 18.2 Å². The molecule has 1 fully saturated rings. The second kappa shape index (κ2) is 5.01. The normalized spacial score (nSPS) is 28.3. The Morgan fingerprint density at radius 1 is 1.12 bits per heavy atom. The summed E-state index contributed by atoms with van der Waals surface area (Å²) in [6.45, 7) is 0.893. The highest BCUT2D eigenvalue weighted by Gasteiger charge is 2.28. The number of alkyl halides is 1. The highest BCUT2D eigenvalue weighted by Crippen LogP contribution is 2.43. The zero-order valence-electron chi connectivity index (χ0n) is 10.1. The number of ether oxygens (including phenoxy) is 1. The SMILES string of the molecule is BrC1CCCCC1c1cccc2c1OCCC2. The second-order valence-corrected chi connectivity index (χ2v) is 6.37. The van der Waals surface area contributed by atoms with E-state index in [1.807, 2.05) is 0 Å². The summed E-state index contributed by atoms with van der Waals surface area (Å²) >= 11 is 3.86. The van der Waals surface area contributed by atoms with Gasteiger partial charge in [0.05, 0.1) is 6.61 Å². The molecule has 2 unspecified atom stereocenters. The van der Waals surface area contributed by atoms with E-state index in [9.17, 15) is 0 Å². The number of fused-ring (bicyclic) bond motifs is 1. The van der Waals surface area contributed by atoms with E-state index in [2.05, 4.69) is 34.1 Å². The van der Waals surface area contributed by atoms with Gasteiger partial charge in [0.25, 0.3) is 0 Å². The maximum atomic E-state index is 5.94. The zero-order valence-corrected chi connectivity index (χ0v) is 11.7. The van der Waals surface area contributed by atoms with E-state index < -0.39 is 0 Å². The lowest BCUT2D eigenvalue weighted by molar-refractivity contribution is 0.281. The molecule has 0 saturated heterocycles. The van der Waals surface area contributed by atoms with Crippen molar-refractivity contribution >= 4 is 15.9 Å². The predicted molar refractivity (Wildman–Crippen MR) is 74.2 cm³/mol. The molecule has 1 nitrogen and oxygen atoms in total. The van der Waals surface area contributed by atoms with Crippen LogP contribution in [0.25, 0.3) is 0 Å². The Kier molecular flexibility index (Phi) is 3.41. The van der Waals surface area contributed by atoms with E-state index in [-0.39, 0.29) is 0 Å². The first-order chi connectivity index (χ1) is 8.36. The molecule has 2 heteroatoms. The Bertz CT molecular complexity index is 402. The molecule has 1 aliphatic heterocycles. The monoisotopic (exact) mass is 294 g/mol. The summed E-state index contributed by atoms with van der Waals surface area (Å²) in [6.07, 6.45) is 7.67. The first-order valence-electron chi connectivity index (χ1n) is 6.75. The number of aryl methyl sites for hydroxylation is 1. The molecular formula is C15H19BrO. The minimum Gasteiger partial charge on any atom is -0.493 e. The fourth-order valence-electron chi connectivity index (χ4n) is 3.14. The molecule has 2 atom stereocenters. The standard InChI is InChI=1S/C15H19BrO/c16-14-9-2-1-7-12(14)13-8-3-5-11-6-4-10-17-15(11)13/h3,5,8,12,14H,1-2,4,6-7,9-10H2. The smallest absolute Gasteiger partial charge is 0.125 e. The number of benzene rings is 1. The maximum absolute atomic E-state index is 5.94. The van der Waals surface area contributed by atoms with Gasteiger partial charge < -0.3 is 4.74 Å². The highest BCUT2D eigenvalue weighted by molar-refractivity contribution is 9.09. The molecule has 0 aromatic heterocycles. The molecule has 1 aliphatic carbocycles. The van der Waals surface area contributed by atoms with E-state index in [4.69, 9.17) is 4.74 Å². The molecule has 1 aromatic carbocycles. The molecule has 0 amide bonds. The minimum absolute atomic E-state index is 0.633. The molecule has 1 aromatic rings. The van der Waals surface area contributed by atoms with Gasteiger partial charge in [-0.15, -0.1) is 0 Å². The Morgan fingerprint density at radius 3 is 2.88 bits per heavy atom. The number of hydrogen-bond donors (Lipinski definition) is 0. The van der Waals surface area contributed by atoms with Gasteiger partial charge in [-0.1, -0.05) is 47.0 Å². The quantitative estimate of drug-likeness (QED) is 0.696. The van der Waals surface area contributed by atoms with E-state index in [1.165, 1.54) is 55.4 Å². The van der Waals surface area contributed by atoms with Crippen LogP contribution >= 0.6 is 15.9 Å². The van der Waals surface area contributed by atoms with Crippen molar-refractivity contribution in [2.75, 3.05) is 6.61 Å². The van der Waals surface area contributed by atoms with Crippen molar-refractivity contribution < 1.29 is 4.74 Å². The molecule has 1 heterocycles. The van der Waals surface area contributed by atoms with Crippen LogP contribution in [-0.4, -0.2) is 11.4 Å². The van der Waals surface area contributed by atoms with E-state index >= 15 is 0 Å². The van der Waals surface area contributed by atoms with Gasteiger partial charge in [0.1, 0.15) is 5.75 Å². The van der Waals surface area contributed by atoms with Gasteiger partial charge in [0.2, 0.25) is 0 Å². The fourth-order valence-corrected chi connectivity index (χ4v) is 4.02. The predicted octanol–water partition coefficient (Wildman–Crippen LogP) is 4.43. The van der Waals surface area contributed by atoms with Crippen molar-refractivity contribution in [3.8, 4) is 5.75 Å². The summed E-state index contributed by atoms with van der Waals surface area (Å²) in [5.74, 6) is 1.85. The highest BCUT2D eigenvalue weighted by atomic mass is 79.9. The number of rotatable bonds is 1. The molecule has 92 valence electrons. The summed E-state index contributed by atoms with van der Waals surface area (Å²) in [5.41, 5.74) is 2.86. The Morgan fingerprint density at radius 2 is 2.00 bits per heavy atom. The molecule has 2 aliphatic rings. The van der Waals surface area contributed by atoms with Crippen LogP contribution in [0.3, 0.4) is 0 Å². The van der Waals surface area contributed by atoms with Crippen LogP contribution < -0.4 is 4.74 Å². The third kappa shape index (κ3) is 2.24. The molecule has 0 N–H and O–H groups in total.